The van der Waals surface area contributed by atoms with Crippen LogP contribution in [0.5, 0.6) is 0 Å². The molecule has 1 aromatic rings. The van der Waals surface area contributed by atoms with Crippen LogP contribution in [0.25, 0.3) is 0 Å². The summed E-state index contributed by atoms with van der Waals surface area (Å²) < 4.78 is 0. The van der Waals surface area contributed by atoms with E-state index in [-0.39, 0.29) is 11.7 Å². The van der Waals surface area contributed by atoms with Gasteiger partial charge in [-0.3, -0.25) is 9.59 Å². The number of carbonyl (C=O) groups excluding carboxylic acids is 2. The van der Waals surface area contributed by atoms with Gasteiger partial charge in [-0.1, -0.05) is 32.9 Å². The summed E-state index contributed by atoms with van der Waals surface area (Å²) in [6, 6.07) is 7.08. The summed E-state index contributed by atoms with van der Waals surface area (Å²) in [5, 5.41) is 2.71. The molecule has 98 valence electrons. The van der Waals surface area contributed by atoms with Gasteiger partial charge in [0.25, 0.3) is 5.91 Å². The molecule has 1 rings (SSSR count). The van der Waals surface area contributed by atoms with Gasteiger partial charge in [0.15, 0.2) is 5.78 Å². The standard InChI is InChI=1S/C15H21NO2/c1-5-14(17)11(4)16-15(18)13-8-6-12(7-9-13)10(2)3/h6-11H,5H2,1-4H3,(H,16,18). The second kappa shape index (κ2) is 6.34. The molecule has 0 radical (unpaired) electrons. The van der Waals surface area contributed by atoms with Crippen LogP contribution in [0.2, 0.25) is 0 Å². The van der Waals surface area contributed by atoms with E-state index in [9.17, 15) is 9.59 Å². The van der Waals surface area contributed by atoms with Crippen molar-refractivity contribution in [2.45, 2.75) is 46.1 Å². The molecule has 3 nitrogen and oxygen atoms in total. The Kier molecular flexibility index (Phi) is 5.08. The number of hydrogen-bond donors (Lipinski definition) is 1. The average molecular weight is 247 g/mol. The molecule has 0 heterocycles. The van der Waals surface area contributed by atoms with Crippen LogP contribution in [0.15, 0.2) is 24.3 Å². The normalized spacial score (nSPS) is 12.3. The molecule has 0 fully saturated rings. The van der Waals surface area contributed by atoms with Crippen LogP contribution in [0, 0.1) is 0 Å². The highest BCUT2D eigenvalue weighted by Gasteiger charge is 2.14. The molecular weight excluding hydrogens is 226 g/mol. The van der Waals surface area contributed by atoms with Gasteiger partial charge < -0.3 is 5.32 Å². The van der Waals surface area contributed by atoms with E-state index in [0.29, 0.717) is 17.9 Å². The Hall–Kier alpha value is -1.64. The maximum Gasteiger partial charge on any atom is 0.251 e. The molecule has 1 aromatic carbocycles. The number of amides is 1. The minimum atomic E-state index is -0.424. The third-order valence-corrected chi connectivity index (χ3v) is 3.02. The third kappa shape index (κ3) is 3.69. The zero-order valence-corrected chi connectivity index (χ0v) is 11.5. The second-order valence-corrected chi connectivity index (χ2v) is 4.79. The largest absolute Gasteiger partial charge is 0.343 e. The van der Waals surface area contributed by atoms with Crippen molar-refractivity contribution in [3.8, 4) is 0 Å². The first kappa shape index (κ1) is 14.4. The minimum absolute atomic E-state index is 0.0437. The van der Waals surface area contributed by atoms with Crippen LogP contribution in [0.4, 0.5) is 0 Å². The molecule has 1 N–H and O–H groups in total. The average Bonchev–Trinajstić information content (AvgIpc) is 2.37. The Labute approximate surface area is 109 Å². The quantitative estimate of drug-likeness (QED) is 0.869. The molecule has 0 aliphatic heterocycles. The van der Waals surface area contributed by atoms with Gasteiger partial charge in [-0.15, -0.1) is 0 Å². The number of Topliss-reactive ketones (excluding diaryl/α,β-unsaturated/α-hetero) is 1. The van der Waals surface area contributed by atoms with E-state index in [4.69, 9.17) is 0 Å². The lowest BCUT2D eigenvalue weighted by molar-refractivity contribution is -0.120. The monoisotopic (exact) mass is 247 g/mol. The van der Waals surface area contributed by atoms with Crippen LogP contribution < -0.4 is 5.32 Å². The Bertz CT molecular complexity index is 421. The predicted molar refractivity (Wildman–Crippen MR) is 72.8 cm³/mol. The highest BCUT2D eigenvalue weighted by molar-refractivity contribution is 5.97. The fourth-order valence-electron chi connectivity index (χ4n) is 1.69. The molecule has 0 spiro atoms. The van der Waals surface area contributed by atoms with Gasteiger partial charge in [-0.25, -0.2) is 0 Å². The number of carbonyl (C=O) groups is 2. The lowest BCUT2D eigenvalue weighted by Gasteiger charge is -2.12. The van der Waals surface area contributed by atoms with Gasteiger partial charge in [-0.2, -0.15) is 0 Å². The Morgan fingerprint density at radius 2 is 1.67 bits per heavy atom. The summed E-state index contributed by atoms with van der Waals surface area (Å²) >= 11 is 0. The molecule has 1 amide bonds. The lowest BCUT2D eigenvalue weighted by atomic mass is 10.0. The SMILES string of the molecule is CCC(=O)C(C)NC(=O)c1ccc(C(C)C)cc1. The van der Waals surface area contributed by atoms with Crippen LogP contribution in [0.3, 0.4) is 0 Å². The van der Waals surface area contributed by atoms with Crippen molar-refractivity contribution >= 4 is 11.7 Å². The van der Waals surface area contributed by atoms with Crippen molar-refractivity contribution in [3.05, 3.63) is 35.4 Å². The summed E-state index contributed by atoms with van der Waals surface area (Å²) in [6.07, 6.45) is 0.438. The molecule has 18 heavy (non-hydrogen) atoms. The molecule has 0 saturated carbocycles. The minimum Gasteiger partial charge on any atom is -0.343 e. The summed E-state index contributed by atoms with van der Waals surface area (Å²) in [5.41, 5.74) is 1.79. The zero-order chi connectivity index (χ0) is 13.7. The fraction of sp³-hybridized carbons (Fsp3) is 0.467. The molecule has 0 saturated heterocycles. The van der Waals surface area contributed by atoms with E-state index >= 15 is 0 Å². The highest BCUT2D eigenvalue weighted by atomic mass is 16.2. The van der Waals surface area contributed by atoms with Gasteiger partial charge in [0, 0.05) is 12.0 Å². The van der Waals surface area contributed by atoms with Crippen LogP contribution in [0.1, 0.15) is 56.0 Å². The first-order valence-electron chi connectivity index (χ1n) is 6.39. The maximum atomic E-state index is 11.9. The third-order valence-electron chi connectivity index (χ3n) is 3.02. The van der Waals surface area contributed by atoms with Gasteiger partial charge in [0.1, 0.15) is 0 Å². The van der Waals surface area contributed by atoms with E-state index < -0.39 is 6.04 Å². The number of benzene rings is 1. The van der Waals surface area contributed by atoms with Crippen LogP contribution in [-0.2, 0) is 4.79 Å². The first-order chi connectivity index (χ1) is 8.45. The van der Waals surface area contributed by atoms with Gasteiger partial charge >= 0.3 is 0 Å². The maximum absolute atomic E-state index is 11.9. The van der Waals surface area contributed by atoms with Crippen LogP contribution in [-0.4, -0.2) is 17.7 Å². The van der Waals surface area contributed by atoms with E-state index in [1.807, 2.05) is 12.1 Å². The summed E-state index contributed by atoms with van der Waals surface area (Å²) in [4.78, 5) is 23.3. The molecular formula is C15H21NO2. The summed E-state index contributed by atoms with van der Waals surface area (Å²) in [6.45, 7) is 7.72. The second-order valence-electron chi connectivity index (χ2n) is 4.79. The predicted octanol–water partition coefficient (Wildman–Crippen LogP) is 2.91. The molecule has 0 aromatic heterocycles. The molecule has 3 heteroatoms. The van der Waals surface area contributed by atoms with E-state index in [1.165, 1.54) is 5.56 Å². The van der Waals surface area contributed by atoms with E-state index in [0.717, 1.165) is 0 Å². The number of ketones is 1. The van der Waals surface area contributed by atoms with Crippen molar-refractivity contribution in [3.63, 3.8) is 0 Å². The smallest absolute Gasteiger partial charge is 0.251 e. The Balaban J connectivity index is 2.70. The number of hydrogen-bond acceptors (Lipinski definition) is 2. The van der Waals surface area contributed by atoms with Gasteiger partial charge in [-0.05, 0) is 30.5 Å². The first-order valence-corrected chi connectivity index (χ1v) is 6.39. The zero-order valence-electron chi connectivity index (χ0n) is 11.5. The Morgan fingerprint density at radius 3 is 2.11 bits per heavy atom. The van der Waals surface area contributed by atoms with E-state index in [1.54, 1.807) is 26.0 Å². The summed E-state index contributed by atoms with van der Waals surface area (Å²) in [5.74, 6) is 0.296. The van der Waals surface area contributed by atoms with E-state index in [2.05, 4.69) is 19.2 Å². The van der Waals surface area contributed by atoms with Gasteiger partial charge in [0.05, 0.1) is 6.04 Å². The van der Waals surface area contributed by atoms with Crippen molar-refractivity contribution in [1.29, 1.82) is 0 Å². The van der Waals surface area contributed by atoms with Crippen molar-refractivity contribution in [1.82, 2.24) is 5.32 Å². The molecule has 1 unspecified atom stereocenters. The number of nitrogens with one attached hydrogen (secondary N) is 1. The summed E-state index contributed by atoms with van der Waals surface area (Å²) in [7, 11) is 0. The fourth-order valence-corrected chi connectivity index (χ4v) is 1.69. The topological polar surface area (TPSA) is 46.2 Å². The van der Waals surface area contributed by atoms with Crippen molar-refractivity contribution < 1.29 is 9.59 Å². The van der Waals surface area contributed by atoms with Crippen molar-refractivity contribution in [2.75, 3.05) is 0 Å². The van der Waals surface area contributed by atoms with Gasteiger partial charge in [0.2, 0.25) is 0 Å². The lowest BCUT2D eigenvalue weighted by Crippen LogP contribution is -2.38. The molecule has 0 aliphatic rings. The highest BCUT2D eigenvalue weighted by Crippen LogP contribution is 2.14. The molecule has 0 bridgehead atoms. The van der Waals surface area contributed by atoms with Crippen LogP contribution >= 0.6 is 0 Å². The molecule has 1 atom stereocenters. The van der Waals surface area contributed by atoms with Crippen molar-refractivity contribution in [2.24, 2.45) is 0 Å². The Morgan fingerprint density at radius 1 is 1.11 bits per heavy atom. The number of rotatable bonds is 5. The molecule has 0 aliphatic carbocycles.